The predicted molar refractivity (Wildman–Crippen MR) is 69.8 cm³/mol. The van der Waals surface area contributed by atoms with E-state index in [0.29, 0.717) is 13.1 Å². The Morgan fingerprint density at radius 3 is 2.59 bits per heavy atom. The molecule has 0 aromatic carbocycles. The summed E-state index contributed by atoms with van der Waals surface area (Å²) in [5.74, 6) is 6.41. The minimum absolute atomic E-state index is 0.0569. The van der Waals surface area contributed by atoms with Gasteiger partial charge in [0.15, 0.2) is 0 Å². The summed E-state index contributed by atoms with van der Waals surface area (Å²) in [5, 5.41) is 8.79. The average Bonchev–Trinajstić information content (AvgIpc) is 2.15. The van der Waals surface area contributed by atoms with Crippen LogP contribution in [0.25, 0.3) is 0 Å². The summed E-state index contributed by atoms with van der Waals surface area (Å²) in [7, 11) is 1.96. The highest BCUT2D eigenvalue weighted by molar-refractivity contribution is 5.15. The van der Waals surface area contributed by atoms with Crippen molar-refractivity contribution in [1.29, 1.82) is 0 Å². The maximum Gasteiger partial charge on any atom is 0.126 e. The molecule has 0 aliphatic carbocycles. The molecule has 0 saturated carbocycles. The van der Waals surface area contributed by atoms with Crippen molar-refractivity contribution in [3.05, 3.63) is 0 Å². The molecule has 1 aliphatic rings. The van der Waals surface area contributed by atoms with Gasteiger partial charge >= 0.3 is 0 Å². The van der Waals surface area contributed by atoms with Gasteiger partial charge in [0.05, 0.1) is 18.8 Å². The SMILES string of the molecule is CN(CC#C[C@@]1(C)CCCC(C)(C)O1)CCO. The molecule has 0 radical (unpaired) electrons. The first-order chi connectivity index (χ1) is 7.87. The van der Waals surface area contributed by atoms with E-state index in [4.69, 9.17) is 9.84 Å². The number of aliphatic hydroxyl groups is 1. The van der Waals surface area contributed by atoms with E-state index >= 15 is 0 Å². The Hall–Kier alpha value is -0.560. The zero-order chi connectivity index (χ0) is 12.9. The van der Waals surface area contributed by atoms with Crippen LogP contribution in [0.2, 0.25) is 0 Å². The van der Waals surface area contributed by atoms with Crippen molar-refractivity contribution in [2.45, 2.75) is 51.2 Å². The fourth-order valence-corrected chi connectivity index (χ4v) is 2.26. The minimum atomic E-state index is -0.304. The van der Waals surface area contributed by atoms with Crippen molar-refractivity contribution in [3.63, 3.8) is 0 Å². The lowest BCUT2D eigenvalue weighted by molar-refractivity contribution is -0.135. The zero-order valence-corrected chi connectivity index (χ0v) is 11.5. The van der Waals surface area contributed by atoms with E-state index in [9.17, 15) is 0 Å². The van der Waals surface area contributed by atoms with Gasteiger partial charge in [0.25, 0.3) is 0 Å². The second-order valence-corrected chi connectivity index (χ2v) is 5.71. The Morgan fingerprint density at radius 2 is 2.00 bits per heavy atom. The minimum Gasteiger partial charge on any atom is -0.395 e. The molecule has 1 saturated heterocycles. The van der Waals surface area contributed by atoms with Crippen LogP contribution in [-0.4, -0.2) is 48.0 Å². The van der Waals surface area contributed by atoms with Crippen molar-refractivity contribution in [2.75, 3.05) is 26.7 Å². The Labute approximate surface area is 105 Å². The van der Waals surface area contributed by atoms with Crippen molar-refractivity contribution >= 4 is 0 Å². The maximum atomic E-state index is 8.79. The van der Waals surface area contributed by atoms with Gasteiger partial charge in [0.2, 0.25) is 0 Å². The number of nitrogens with zero attached hydrogens (tertiary/aromatic N) is 1. The first-order valence-electron chi connectivity index (χ1n) is 6.36. The molecule has 1 rings (SSSR count). The number of likely N-dealkylation sites (N-methyl/N-ethyl adjacent to an activating group) is 1. The molecular weight excluding hydrogens is 214 g/mol. The van der Waals surface area contributed by atoms with Crippen LogP contribution in [0, 0.1) is 11.8 Å². The van der Waals surface area contributed by atoms with Crippen molar-refractivity contribution in [3.8, 4) is 11.8 Å². The summed E-state index contributed by atoms with van der Waals surface area (Å²) in [5.41, 5.74) is -0.361. The van der Waals surface area contributed by atoms with E-state index < -0.39 is 0 Å². The van der Waals surface area contributed by atoms with Crippen molar-refractivity contribution < 1.29 is 9.84 Å². The van der Waals surface area contributed by atoms with Crippen molar-refractivity contribution in [1.82, 2.24) is 4.90 Å². The lowest BCUT2D eigenvalue weighted by Gasteiger charge is -2.40. The molecule has 0 aromatic heterocycles. The average molecular weight is 239 g/mol. The highest BCUT2D eigenvalue weighted by atomic mass is 16.5. The Bertz CT molecular complexity index is 303. The topological polar surface area (TPSA) is 32.7 Å². The van der Waals surface area contributed by atoms with Crippen LogP contribution < -0.4 is 0 Å². The molecule has 1 aliphatic heterocycles. The van der Waals surface area contributed by atoms with E-state index in [1.165, 1.54) is 6.42 Å². The molecule has 0 bridgehead atoms. The number of hydrogen-bond acceptors (Lipinski definition) is 3. The summed E-state index contributed by atoms with van der Waals surface area (Å²) in [6.07, 6.45) is 3.28. The highest BCUT2D eigenvalue weighted by Crippen LogP contribution is 2.34. The summed E-state index contributed by atoms with van der Waals surface area (Å²) in [6, 6.07) is 0. The predicted octanol–water partition coefficient (Wildman–Crippen LogP) is 1.65. The third kappa shape index (κ3) is 5.08. The third-order valence-electron chi connectivity index (χ3n) is 3.12. The lowest BCUT2D eigenvalue weighted by Crippen LogP contribution is -2.42. The molecule has 1 N–H and O–H groups in total. The second-order valence-electron chi connectivity index (χ2n) is 5.71. The quantitative estimate of drug-likeness (QED) is 0.760. The van der Waals surface area contributed by atoms with E-state index in [2.05, 4.69) is 32.6 Å². The summed E-state index contributed by atoms with van der Waals surface area (Å²) < 4.78 is 6.06. The van der Waals surface area contributed by atoms with Gasteiger partial charge in [-0.15, -0.1) is 0 Å². The smallest absolute Gasteiger partial charge is 0.126 e. The fourth-order valence-electron chi connectivity index (χ4n) is 2.26. The Balaban J connectivity index is 2.51. The molecule has 1 atom stereocenters. The van der Waals surface area contributed by atoms with E-state index in [1.54, 1.807) is 0 Å². The molecule has 0 amide bonds. The molecule has 98 valence electrons. The van der Waals surface area contributed by atoms with Gasteiger partial charge in [-0.1, -0.05) is 11.8 Å². The molecule has 17 heavy (non-hydrogen) atoms. The first kappa shape index (κ1) is 14.5. The van der Waals surface area contributed by atoms with Gasteiger partial charge in [-0.3, -0.25) is 4.90 Å². The Morgan fingerprint density at radius 1 is 1.29 bits per heavy atom. The largest absolute Gasteiger partial charge is 0.395 e. The van der Waals surface area contributed by atoms with Gasteiger partial charge in [-0.05, 0) is 47.1 Å². The number of aliphatic hydroxyl groups excluding tert-OH is 1. The first-order valence-corrected chi connectivity index (χ1v) is 6.36. The summed E-state index contributed by atoms with van der Waals surface area (Å²) >= 11 is 0. The standard InChI is InChI=1S/C14H25NO2/c1-13(2)7-5-8-14(3,17-13)9-6-10-15(4)11-12-16/h16H,5,7-8,10-12H2,1-4H3/t14-/m1/s1. The molecule has 1 fully saturated rings. The van der Waals surface area contributed by atoms with E-state index in [1.807, 2.05) is 11.9 Å². The molecule has 1 heterocycles. The van der Waals surface area contributed by atoms with Crippen LogP contribution in [0.5, 0.6) is 0 Å². The van der Waals surface area contributed by atoms with Crippen molar-refractivity contribution in [2.24, 2.45) is 0 Å². The van der Waals surface area contributed by atoms with E-state index in [0.717, 1.165) is 12.8 Å². The highest BCUT2D eigenvalue weighted by Gasteiger charge is 2.35. The monoisotopic (exact) mass is 239 g/mol. The van der Waals surface area contributed by atoms with Gasteiger partial charge < -0.3 is 9.84 Å². The molecule has 3 heteroatoms. The van der Waals surface area contributed by atoms with E-state index in [-0.39, 0.29) is 17.8 Å². The number of hydrogen-bond donors (Lipinski definition) is 1. The molecule has 0 unspecified atom stereocenters. The zero-order valence-electron chi connectivity index (χ0n) is 11.5. The van der Waals surface area contributed by atoms with Crippen LogP contribution in [-0.2, 0) is 4.74 Å². The second kappa shape index (κ2) is 5.86. The van der Waals surface area contributed by atoms with Gasteiger partial charge in [0, 0.05) is 6.54 Å². The molecule has 0 aromatic rings. The number of ether oxygens (including phenoxy) is 1. The summed E-state index contributed by atoms with van der Waals surface area (Å²) in [4.78, 5) is 2.00. The maximum absolute atomic E-state index is 8.79. The molecule has 0 spiro atoms. The summed E-state index contributed by atoms with van der Waals surface area (Å²) in [6.45, 7) is 7.86. The third-order valence-corrected chi connectivity index (χ3v) is 3.12. The Kier molecular flexibility index (Phi) is 5.00. The van der Waals surface area contributed by atoms with Crippen LogP contribution in [0.4, 0.5) is 0 Å². The molecular formula is C14H25NO2. The van der Waals surface area contributed by atoms with Gasteiger partial charge in [-0.25, -0.2) is 0 Å². The lowest BCUT2D eigenvalue weighted by atomic mass is 9.88. The van der Waals surface area contributed by atoms with Gasteiger partial charge in [0.1, 0.15) is 5.60 Å². The van der Waals surface area contributed by atoms with Gasteiger partial charge in [-0.2, -0.15) is 0 Å². The van der Waals surface area contributed by atoms with Crippen LogP contribution in [0.3, 0.4) is 0 Å². The molecule has 3 nitrogen and oxygen atoms in total. The fraction of sp³-hybridized carbons (Fsp3) is 0.857. The van der Waals surface area contributed by atoms with Crippen LogP contribution in [0.15, 0.2) is 0 Å². The number of rotatable bonds is 3. The van der Waals surface area contributed by atoms with Crippen LogP contribution in [0.1, 0.15) is 40.0 Å². The normalized spacial score (nSPS) is 27.6. The van der Waals surface area contributed by atoms with Crippen LogP contribution >= 0.6 is 0 Å².